The van der Waals surface area contributed by atoms with Crippen LogP contribution in [0.4, 0.5) is 0 Å². The van der Waals surface area contributed by atoms with E-state index in [9.17, 15) is 4.79 Å². The van der Waals surface area contributed by atoms with E-state index >= 15 is 0 Å². The summed E-state index contributed by atoms with van der Waals surface area (Å²) in [5, 5.41) is 2.36. The van der Waals surface area contributed by atoms with Gasteiger partial charge in [0.2, 0.25) is 0 Å². The molecular formula is C53H66N2O5. The van der Waals surface area contributed by atoms with Crippen molar-refractivity contribution in [3.63, 3.8) is 0 Å². The van der Waals surface area contributed by atoms with Crippen LogP contribution in [0.15, 0.2) is 97.6 Å². The predicted octanol–water partition coefficient (Wildman–Crippen LogP) is 12.9. The topological polar surface area (TPSA) is 63.9 Å². The lowest BCUT2D eigenvalue weighted by Gasteiger charge is -2.18. The van der Waals surface area contributed by atoms with E-state index in [1.165, 1.54) is 94.1 Å². The standard InChI is InChI=1S/C53H66N2O5/c1-8-13-15-17-38-19-25-47(40(10-3)31-38)51-33-42-21-23-45(35-49(42)54(51)6)57-29-27-44(59-37-60-53(56)12-5)28-30-58-46-24-22-43-34-52(55(7)50(43)36-46)48-26-20-39(18-16-14-9-2)32-41(48)11-4/h12,19-26,31-36,44H,5,8-11,13-18,27-30,37H2,1-4,6-7H3. The fourth-order valence-corrected chi connectivity index (χ4v) is 8.34. The maximum absolute atomic E-state index is 11.8. The van der Waals surface area contributed by atoms with Gasteiger partial charge in [-0.15, -0.1) is 0 Å². The second-order valence-electron chi connectivity index (χ2n) is 16.1. The molecule has 4 aromatic carbocycles. The Morgan fingerprint density at radius 3 is 1.55 bits per heavy atom. The number of aryl methyl sites for hydroxylation is 6. The van der Waals surface area contributed by atoms with Crippen molar-refractivity contribution in [3.05, 3.63) is 120 Å². The first-order valence-corrected chi connectivity index (χ1v) is 22.4. The van der Waals surface area contributed by atoms with Gasteiger partial charge in [0.1, 0.15) is 11.5 Å². The summed E-state index contributed by atoms with van der Waals surface area (Å²) in [7, 11) is 4.27. The van der Waals surface area contributed by atoms with E-state index in [2.05, 4.69) is 130 Å². The molecule has 0 saturated carbocycles. The second-order valence-corrected chi connectivity index (χ2v) is 16.1. The summed E-state index contributed by atoms with van der Waals surface area (Å²) in [6.45, 7) is 13.2. The highest BCUT2D eigenvalue weighted by Gasteiger charge is 2.16. The van der Waals surface area contributed by atoms with E-state index in [0.29, 0.717) is 26.1 Å². The SMILES string of the molecule is C=CC(=O)OCOC(CCOc1ccc2cc(-c3ccc(CCCCC)cc3CC)n(C)c2c1)CCOc1ccc2cc(-c3ccc(CCCCC)cc3CC)n(C)c2c1. The zero-order valence-corrected chi connectivity index (χ0v) is 37.0. The first-order valence-electron chi connectivity index (χ1n) is 22.4. The molecule has 7 nitrogen and oxygen atoms in total. The average molecular weight is 811 g/mol. The van der Waals surface area contributed by atoms with Crippen LogP contribution in [-0.2, 0) is 54.0 Å². The number of carbonyl (C=O) groups excluding carboxylic acids is 1. The molecule has 0 unspecified atom stereocenters. The van der Waals surface area contributed by atoms with Gasteiger partial charge in [-0.2, -0.15) is 0 Å². The van der Waals surface area contributed by atoms with E-state index in [0.717, 1.165) is 54.3 Å². The van der Waals surface area contributed by atoms with Crippen molar-refractivity contribution in [2.45, 2.75) is 111 Å². The van der Waals surface area contributed by atoms with Crippen LogP contribution in [0.5, 0.6) is 11.5 Å². The van der Waals surface area contributed by atoms with Crippen LogP contribution >= 0.6 is 0 Å². The molecule has 0 saturated heterocycles. The molecular weight excluding hydrogens is 745 g/mol. The van der Waals surface area contributed by atoms with Gasteiger partial charge >= 0.3 is 5.97 Å². The van der Waals surface area contributed by atoms with Crippen LogP contribution in [0, 0.1) is 0 Å². The van der Waals surface area contributed by atoms with Crippen molar-refractivity contribution in [2.75, 3.05) is 20.0 Å². The molecule has 0 N–H and O–H groups in total. The van der Waals surface area contributed by atoms with Crippen LogP contribution in [0.1, 0.15) is 101 Å². The Kier molecular flexibility index (Phi) is 16.1. The van der Waals surface area contributed by atoms with Gasteiger partial charge in [-0.05, 0) is 97.2 Å². The Morgan fingerprint density at radius 1 is 0.633 bits per heavy atom. The Hall–Kier alpha value is -5.27. The minimum Gasteiger partial charge on any atom is -0.493 e. The van der Waals surface area contributed by atoms with Crippen LogP contribution in [-0.4, -0.2) is 41.2 Å². The number of benzene rings is 4. The molecule has 6 aromatic rings. The van der Waals surface area contributed by atoms with Crippen LogP contribution < -0.4 is 9.47 Å². The molecule has 6 rings (SSSR count). The largest absolute Gasteiger partial charge is 0.493 e. The molecule has 0 spiro atoms. The minimum absolute atomic E-state index is 0.162. The lowest BCUT2D eigenvalue weighted by molar-refractivity contribution is -0.156. The average Bonchev–Trinajstić information content (AvgIpc) is 3.77. The van der Waals surface area contributed by atoms with Gasteiger partial charge in [0, 0.05) is 78.4 Å². The van der Waals surface area contributed by atoms with Crippen molar-refractivity contribution in [2.24, 2.45) is 14.1 Å². The molecule has 0 amide bonds. The van der Waals surface area contributed by atoms with Gasteiger partial charge in [-0.3, -0.25) is 0 Å². The van der Waals surface area contributed by atoms with Gasteiger partial charge in [0.15, 0.2) is 6.79 Å². The summed E-state index contributed by atoms with van der Waals surface area (Å²) in [5.41, 5.74) is 12.9. The van der Waals surface area contributed by atoms with Crippen LogP contribution in [0.2, 0.25) is 0 Å². The fraction of sp³-hybridized carbons (Fsp3) is 0.415. The summed E-state index contributed by atoms with van der Waals surface area (Å²) < 4.78 is 28.4. The zero-order chi connectivity index (χ0) is 42.4. The Labute approximate surface area is 358 Å². The highest BCUT2D eigenvalue weighted by Crippen LogP contribution is 2.34. The molecule has 2 heterocycles. The molecule has 0 aliphatic heterocycles. The van der Waals surface area contributed by atoms with Crippen molar-refractivity contribution in [1.29, 1.82) is 0 Å². The van der Waals surface area contributed by atoms with Gasteiger partial charge in [-0.1, -0.05) is 96.4 Å². The fourth-order valence-electron chi connectivity index (χ4n) is 8.34. The second kappa shape index (κ2) is 21.8. The van der Waals surface area contributed by atoms with Crippen molar-refractivity contribution >= 4 is 27.8 Å². The number of fused-ring (bicyclic) bond motifs is 2. The zero-order valence-electron chi connectivity index (χ0n) is 37.0. The van der Waals surface area contributed by atoms with Crippen molar-refractivity contribution in [1.82, 2.24) is 9.13 Å². The maximum Gasteiger partial charge on any atom is 0.332 e. The first kappa shape index (κ1) is 44.3. The molecule has 0 atom stereocenters. The van der Waals surface area contributed by atoms with E-state index < -0.39 is 5.97 Å². The summed E-state index contributed by atoms with van der Waals surface area (Å²) in [6.07, 6.45) is 13.8. The number of hydrogen-bond acceptors (Lipinski definition) is 5. The van der Waals surface area contributed by atoms with Gasteiger partial charge in [0.25, 0.3) is 0 Å². The van der Waals surface area contributed by atoms with Crippen LogP contribution in [0.3, 0.4) is 0 Å². The molecule has 318 valence electrons. The predicted molar refractivity (Wildman–Crippen MR) is 248 cm³/mol. The highest BCUT2D eigenvalue weighted by molar-refractivity contribution is 5.89. The maximum atomic E-state index is 11.8. The number of esters is 1. The molecule has 0 aliphatic rings. The first-order chi connectivity index (χ1) is 29.3. The molecule has 60 heavy (non-hydrogen) atoms. The number of nitrogens with zero attached hydrogens (tertiary/aromatic N) is 2. The van der Waals surface area contributed by atoms with Crippen molar-refractivity contribution in [3.8, 4) is 34.0 Å². The van der Waals surface area contributed by atoms with Gasteiger partial charge in [-0.25, -0.2) is 4.79 Å². The Bertz CT molecular complexity index is 2200. The number of ether oxygens (including phenoxy) is 4. The van der Waals surface area contributed by atoms with Crippen molar-refractivity contribution < 1.29 is 23.7 Å². The Morgan fingerprint density at radius 2 is 1.12 bits per heavy atom. The third-order valence-electron chi connectivity index (χ3n) is 11.9. The monoisotopic (exact) mass is 810 g/mol. The summed E-state index contributed by atoms with van der Waals surface area (Å²) >= 11 is 0. The third-order valence-corrected chi connectivity index (χ3v) is 11.9. The smallest absolute Gasteiger partial charge is 0.332 e. The van der Waals surface area contributed by atoms with E-state index in [4.69, 9.17) is 18.9 Å². The lowest BCUT2D eigenvalue weighted by Crippen LogP contribution is -2.22. The minimum atomic E-state index is -0.519. The molecule has 0 bridgehead atoms. The molecule has 7 heteroatoms. The van der Waals surface area contributed by atoms with Gasteiger partial charge < -0.3 is 28.1 Å². The highest BCUT2D eigenvalue weighted by atomic mass is 16.7. The number of hydrogen-bond donors (Lipinski definition) is 0. The van der Waals surface area contributed by atoms with E-state index in [-0.39, 0.29) is 12.9 Å². The normalized spacial score (nSPS) is 11.5. The molecule has 0 aliphatic carbocycles. The number of aromatic nitrogens is 2. The number of rotatable bonds is 24. The number of unbranched alkanes of at least 4 members (excludes halogenated alkanes) is 4. The summed E-state index contributed by atoms with van der Waals surface area (Å²) in [4.78, 5) is 11.8. The summed E-state index contributed by atoms with van der Waals surface area (Å²) in [6, 6.07) is 31.1. The Balaban J connectivity index is 1.09. The molecule has 2 aromatic heterocycles. The lowest BCUT2D eigenvalue weighted by atomic mass is 9.97. The third kappa shape index (κ3) is 11.1. The molecule has 0 fully saturated rings. The van der Waals surface area contributed by atoms with Crippen LogP contribution in [0.25, 0.3) is 44.3 Å². The summed E-state index contributed by atoms with van der Waals surface area (Å²) in [5.74, 6) is 1.08. The van der Waals surface area contributed by atoms with E-state index in [1.807, 2.05) is 12.1 Å². The van der Waals surface area contributed by atoms with Gasteiger partial charge in [0.05, 0.1) is 30.4 Å². The number of carbonyl (C=O) groups is 1. The molecule has 0 radical (unpaired) electrons. The quantitative estimate of drug-likeness (QED) is 0.0264. The van der Waals surface area contributed by atoms with E-state index in [1.54, 1.807) is 0 Å².